The largest absolute Gasteiger partial charge is 0.459 e. The van der Waals surface area contributed by atoms with Gasteiger partial charge in [0.1, 0.15) is 6.10 Å². The van der Waals surface area contributed by atoms with Gasteiger partial charge in [-0.2, -0.15) is 0 Å². The third kappa shape index (κ3) is 4.30. The van der Waals surface area contributed by atoms with Crippen molar-refractivity contribution in [2.24, 2.45) is 11.3 Å². The highest BCUT2D eigenvalue weighted by Gasteiger charge is 2.45. The summed E-state index contributed by atoms with van der Waals surface area (Å²) in [5.74, 6) is -0.259. The maximum Gasteiger partial charge on any atom is 0.338 e. The van der Waals surface area contributed by atoms with Crippen LogP contribution in [0.5, 0.6) is 0 Å². The van der Waals surface area contributed by atoms with Gasteiger partial charge in [0.05, 0.1) is 10.5 Å². The molecule has 2 aromatic carbocycles. The van der Waals surface area contributed by atoms with Crippen molar-refractivity contribution in [2.75, 3.05) is 0 Å². The van der Waals surface area contributed by atoms with Crippen LogP contribution in [0.1, 0.15) is 37.0 Å². The Labute approximate surface area is 160 Å². The first kappa shape index (κ1) is 19.4. The Bertz CT molecular complexity index is 919. The van der Waals surface area contributed by atoms with Gasteiger partial charge in [0.15, 0.2) is 9.84 Å². The van der Waals surface area contributed by atoms with E-state index < -0.39 is 9.84 Å². The van der Waals surface area contributed by atoms with Crippen molar-refractivity contribution in [1.82, 2.24) is 0 Å². The lowest BCUT2D eigenvalue weighted by Gasteiger charge is -2.47. The van der Waals surface area contributed by atoms with Gasteiger partial charge >= 0.3 is 5.97 Å². The van der Waals surface area contributed by atoms with E-state index in [1.165, 1.54) is 5.41 Å². The third-order valence-electron chi connectivity index (χ3n) is 5.41. The molecule has 27 heavy (non-hydrogen) atoms. The van der Waals surface area contributed by atoms with Crippen LogP contribution in [0.3, 0.4) is 0 Å². The monoisotopic (exact) mass is 384 g/mol. The fraction of sp³-hybridized carbons (Fsp3) is 0.318. The molecular weight excluding hydrogens is 360 g/mol. The average Bonchev–Trinajstić information content (AvgIpc) is 2.66. The third-order valence-corrected chi connectivity index (χ3v) is 6.83. The van der Waals surface area contributed by atoms with E-state index in [1.54, 1.807) is 60.7 Å². The molecule has 0 heterocycles. The highest BCUT2D eigenvalue weighted by atomic mass is 32.2. The van der Waals surface area contributed by atoms with Gasteiger partial charge in [-0.25, -0.2) is 13.2 Å². The lowest BCUT2D eigenvalue weighted by molar-refractivity contribution is -0.0353. The molecule has 0 saturated heterocycles. The molecule has 2 aromatic rings. The number of allylic oxidation sites excluding steroid dienone is 1. The maximum absolute atomic E-state index is 12.5. The zero-order chi connectivity index (χ0) is 19.5. The fourth-order valence-corrected chi connectivity index (χ4v) is 4.75. The molecule has 1 aliphatic rings. The maximum atomic E-state index is 12.5. The Morgan fingerprint density at radius 3 is 2.26 bits per heavy atom. The lowest BCUT2D eigenvalue weighted by atomic mass is 9.59. The quantitative estimate of drug-likeness (QED) is 0.681. The summed E-state index contributed by atoms with van der Waals surface area (Å²) < 4.78 is 30.6. The molecule has 0 aliphatic heterocycles. The van der Waals surface area contributed by atoms with E-state index in [2.05, 4.69) is 0 Å². The minimum absolute atomic E-state index is 0.0902. The normalized spacial score (nSPS) is 23.6. The second-order valence-electron chi connectivity index (χ2n) is 7.29. The van der Waals surface area contributed by atoms with Crippen molar-refractivity contribution >= 4 is 15.8 Å². The molecule has 3 atom stereocenters. The van der Waals surface area contributed by atoms with Crippen LogP contribution in [0.25, 0.3) is 0 Å². The second kappa shape index (κ2) is 7.69. The molecule has 0 unspecified atom stereocenters. The Hall–Kier alpha value is -2.40. The summed E-state index contributed by atoms with van der Waals surface area (Å²) >= 11 is 0. The van der Waals surface area contributed by atoms with Crippen LogP contribution in [0, 0.1) is 11.3 Å². The van der Waals surface area contributed by atoms with Crippen LogP contribution in [-0.2, 0) is 14.6 Å². The van der Waals surface area contributed by atoms with Gasteiger partial charge in [-0.05, 0) is 49.4 Å². The standard InChI is InChI=1S/C22H24O4S/c1-17(26-21(23)18-9-5-3-6-10-18)20-13-14-22(20,2)15-16-27(24,25)19-11-7-4-8-12-19/h3-12,15-17,20H,13-14H2,1-2H3/b16-15+/t17-,20-,22+/m0/s1. The molecule has 4 nitrogen and oxygen atoms in total. The number of hydrogen-bond donors (Lipinski definition) is 0. The average molecular weight is 384 g/mol. The van der Waals surface area contributed by atoms with E-state index in [-0.39, 0.29) is 28.3 Å². The van der Waals surface area contributed by atoms with Crippen LogP contribution >= 0.6 is 0 Å². The number of hydrogen-bond acceptors (Lipinski definition) is 4. The Morgan fingerprint density at radius 2 is 1.70 bits per heavy atom. The van der Waals surface area contributed by atoms with E-state index in [4.69, 9.17) is 4.74 Å². The highest BCUT2D eigenvalue weighted by Crippen LogP contribution is 2.50. The second-order valence-corrected chi connectivity index (χ2v) is 9.12. The molecule has 1 fully saturated rings. The van der Waals surface area contributed by atoms with Crippen LogP contribution in [0.4, 0.5) is 0 Å². The van der Waals surface area contributed by atoms with Crippen molar-refractivity contribution in [3.05, 3.63) is 77.7 Å². The summed E-state index contributed by atoms with van der Waals surface area (Å²) in [7, 11) is -3.47. The van der Waals surface area contributed by atoms with Crippen molar-refractivity contribution < 1.29 is 17.9 Å². The smallest absolute Gasteiger partial charge is 0.338 e. The number of rotatable bonds is 6. The predicted octanol–water partition coefficient (Wildman–Crippen LogP) is 4.64. The fourth-order valence-electron chi connectivity index (χ4n) is 3.57. The summed E-state index contributed by atoms with van der Waals surface area (Å²) in [5.41, 5.74) is 0.214. The number of ether oxygens (including phenoxy) is 1. The molecule has 5 heteroatoms. The minimum Gasteiger partial charge on any atom is -0.459 e. The summed E-state index contributed by atoms with van der Waals surface area (Å²) in [6.45, 7) is 3.90. The minimum atomic E-state index is -3.47. The molecule has 0 radical (unpaired) electrons. The first-order chi connectivity index (χ1) is 12.8. The Kier molecular flexibility index (Phi) is 5.51. The molecule has 0 amide bonds. The van der Waals surface area contributed by atoms with Crippen molar-refractivity contribution in [2.45, 2.75) is 37.7 Å². The lowest BCUT2D eigenvalue weighted by Crippen LogP contribution is -2.44. The molecule has 1 aliphatic carbocycles. The van der Waals surface area contributed by atoms with Crippen molar-refractivity contribution in [3.8, 4) is 0 Å². The van der Waals surface area contributed by atoms with E-state index in [9.17, 15) is 13.2 Å². The number of esters is 1. The number of benzene rings is 2. The van der Waals surface area contributed by atoms with Crippen molar-refractivity contribution in [3.63, 3.8) is 0 Å². The highest BCUT2D eigenvalue weighted by molar-refractivity contribution is 7.94. The molecule has 0 aromatic heterocycles. The number of sulfone groups is 1. The van der Waals surface area contributed by atoms with Gasteiger partial charge < -0.3 is 4.74 Å². The van der Waals surface area contributed by atoms with Gasteiger partial charge in [-0.15, -0.1) is 0 Å². The van der Waals surface area contributed by atoms with Gasteiger partial charge in [-0.1, -0.05) is 49.4 Å². The number of carbonyl (C=O) groups excluding carboxylic acids is 1. The summed E-state index contributed by atoms with van der Waals surface area (Å²) in [6, 6.07) is 17.3. The van der Waals surface area contributed by atoms with Gasteiger partial charge in [0.25, 0.3) is 0 Å². The van der Waals surface area contributed by atoms with E-state index in [0.29, 0.717) is 5.56 Å². The Balaban J connectivity index is 1.69. The van der Waals surface area contributed by atoms with Gasteiger partial charge in [-0.3, -0.25) is 0 Å². The van der Waals surface area contributed by atoms with Crippen LogP contribution in [-0.4, -0.2) is 20.5 Å². The molecule has 3 rings (SSSR count). The molecule has 1 saturated carbocycles. The molecule has 0 N–H and O–H groups in total. The summed E-state index contributed by atoms with van der Waals surface area (Å²) in [4.78, 5) is 12.6. The SMILES string of the molecule is C[C@H](OC(=O)c1ccccc1)[C@@H]1CC[C@]1(C)/C=C/S(=O)(=O)c1ccccc1. The first-order valence-corrected chi connectivity index (χ1v) is 10.6. The van der Waals surface area contributed by atoms with Crippen LogP contribution in [0.2, 0.25) is 0 Å². The topological polar surface area (TPSA) is 60.4 Å². The Morgan fingerprint density at radius 1 is 1.11 bits per heavy atom. The predicted molar refractivity (Wildman–Crippen MR) is 105 cm³/mol. The first-order valence-electron chi connectivity index (χ1n) is 9.07. The molecular formula is C22H24O4S. The van der Waals surface area contributed by atoms with Crippen LogP contribution < -0.4 is 0 Å². The van der Waals surface area contributed by atoms with Crippen LogP contribution in [0.15, 0.2) is 77.0 Å². The van der Waals surface area contributed by atoms with E-state index in [1.807, 2.05) is 19.9 Å². The molecule has 0 spiro atoms. The van der Waals surface area contributed by atoms with E-state index >= 15 is 0 Å². The number of carbonyl (C=O) groups is 1. The summed E-state index contributed by atoms with van der Waals surface area (Å²) in [6.07, 6.45) is 3.23. The summed E-state index contributed by atoms with van der Waals surface area (Å²) in [5, 5.41) is 1.29. The zero-order valence-corrected chi connectivity index (χ0v) is 16.4. The molecule has 0 bridgehead atoms. The van der Waals surface area contributed by atoms with Crippen molar-refractivity contribution in [1.29, 1.82) is 0 Å². The molecule has 142 valence electrons. The van der Waals surface area contributed by atoms with E-state index in [0.717, 1.165) is 12.8 Å². The zero-order valence-electron chi connectivity index (χ0n) is 15.5. The van der Waals surface area contributed by atoms with Gasteiger partial charge in [0.2, 0.25) is 0 Å². The van der Waals surface area contributed by atoms with Gasteiger partial charge in [0, 0.05) is 11.3 Å².